The Labute approximate surface area is 279 Å². The lowest BCUT2D eigenvalue weighted by Gasteiger charge is -2.25. The second kappa shape index (κ2) is 18.2. The number of carbonyl (C=O) groups excluding carboxylic acids is 3. The minimum Gasteiger partial charge on any atom is -0.506 e. The van der Waals surface area contributed by atoms with Crippen molar-refractivity contribution in [3.8, 4) is 0 Å². The molecule has 1 N–H and O–H groups in total. The molecule has 0 fully saturated rings. The van der Waals surface area contributed by atoms with Gasteiger partial charge >= 0.3 is 5.97 Å². The van der Waals surface area contributed by atoms with Gasteiger partial charge in [0.15, 0.2) is 10.9 Å². The topological polar surface area (TPSA) is 106 Å². The number of rotatable bonds is 20. The molecule has 3 rings (SSSR count). The lowest BCUT2D eigenvalue weighted by atomic mass is 9.79. The van der Waals surface area contributed by atoms with Crippen LogP contribution in [-0.4, -0.2) is 53.9 Å². The van der Waals surface area contributed by atoms with Gasteiger partial charge in [0.05, 0.1) is 34.9 Å². The van der Waals surface area contributed by atoms with Crippen molar-refractivity contribution in [2.75, 3.05) is 31.2 Å². The van der Waals surface area contributed by atoms with Crippen molar-refractivity contribution in [1.82, 2.24) is 4.98 Å². The standard InChI is InChI=1S/C37H54N2O6S/c1-7-10-12-14-16-18-22-44-26-20-21-27(28(40)24-26)30-32(42)31(33(30)43)34-35(37(4,5)6)38-36(46-34)39(9-3)25-29(41)45-23-19-17-15-13-11-8-2/h20-21,24,42H,7-19,22-23,25H2,1-6H3. The lowest BCUT2D eigenvalue weighted by molar-refractivity contribution is -0.142. The molecule has 0 amide bonds. The average molecular weight is 655 g/mol. The van der Waals surface area contributed by atoms with E-state index in [2.05, 4.69) is 13.8 Å². The van der Waals surface area contributed by atoms with Crippen molar-refractivity contribution in [1.29, 1.82) is 0 Å². The number of thiazole rings is 1. The van der Waals surface area contributed by atoms with Crippen molar-refractivity contribution in [3.05, 3.63) is 51.5 Å². The van der Waals surface area contributed by atoms with Crippen LogP contribution < -0.4 is 4.90 Å². The number of esters is 1. The van der Waals surface area contributed by atoms with Gasteiger partial charge in [-0.25, -0.2) is 4.98 Å². The number of carbonyl (C=O) groups is 3. The van der Waals surface area contributed by atoms with Crippen LogP contribution in [0.5, 0.6) is 0 Å². The summed E-state index contributed by atoms with van der Waals surface area (Å²) in [6.07, 6.45) is 18.2. The number of Topliss-reactive ketones (excluding diaryl/α,β-unsaturated/α-hetero) is 1. The van der Waals surface area contributed by atoms with Gasteiger partial charge in [0.1, 0.15) is 18.1 Å². The van der Waals surface area contributed by atoms with Crippen LogP contribution in [0.3, 0.4) is 0 Å². The zero-order valence-electron chi connectivity index (χ0n) is 28.8. The third-order valence-corrected chi connectivity index (χ3v) is 9.34. The highest BCUT2D eigenvalue weighted by Gasteiger charge is 2.42. The van der Waals surface area contributed by atoms with E-state index in [1.807, 2.05) is 32.6 Å². The zero-order chi connectivity index (χ0) is 33.7. The SMILES string of the molecule is CCCCCCCCOC(=O)CN(CC)c1nc(C(C)(C)C)c(C2=C(O)C(=C3C=CC(OCCCCCCCC)=CC3=O)C2=O)s1. The summed E-state index contributed by atoms with van der Waals surface area (Å²) in [5.41, 5.74) is 0.546. The first kappa shape index (κ1) is 37.3. The van der Waals surface area contributed by atoms with Crippen LogP contribution in [0, 0.1) is 0 Å². The Balaban J connectivity index is 1.70. The van der Waals surface area contributed by atoms with Crippen LogP contribution in [-0.2, 0) is 29.3 Å². The first-order valence-corrected chi connectivity index (χ1v) is 18.1. The Bertz CT molecular complexity index is 1340. The number of ketones is 2. The summed E-state index contributed by atoms with van der Waals surface area (Å²) in [5, 5.41) is 11.8. The first-order valence-electron chi connectivity index (χ1n) is 17.2. The second-order valence-electron chi connectivity index (χ2n) is 13.1. The molecule has 0 saturated heterocycles. The number of anilines is 1. The van der Waals surface area contributed by atoms with Crippen LogP contribution in [0.2, 0.25) is 0 Å². The maximum absolute atomic E-state index is 13.5. The molecular weight excluding hydrogens is 600 g/mol. The lowest BCUT2D eigenvalue weighted by Crippen LogP contribution is -2.31. The number of unbranched alkanes of at least 4 members (excludes halogenated alkanes) is 10. The fourth-order valence-corrected chi connectivity index (χ4v) is 6.82. The molecule has 0 unspecified atom stereocenters. The Kier molecular flexibility index (Phi) is 14.8. The zero-order valence-corrected chi connectivity index (χ0v) is 29.7. The molecular formula is C37H54N2O6S. The second-order valence-corrected chi connectivity index (χ2v) is 14.1. The summed E-state index contributed by atoms with van der Waals surface area (Å²) in [6, 6.07) is 0. The number of allylic oxidation sites excluding steroid dienone is 6. The van der Waals surface area contributed by atoms with E-state index in [-0.39, 0.29) is 40.8 Å². The molecule has 0 radical (unpaired) electrons. The summed E-state index contributed by atoms with van der Waals surface area (Å²) in [4.78, 5) is 46.4. The number of aliphatic hydroxyl groups is 1. The third-order valence-electron chi connectivity index (χ3n) is 8.20. The van der Waals surface area contributed by atoms with Gasteiger partial charge in [-0.05, 0) is 31.9 Å². The molecule has 9 heteroatoms. The molecule has 0 bridgehead atoms. The molecule has 0 spiro atoms. The van der Waals surface area contributed by atoms with Gasteiger partial charge in [0.2, 0.25) is 5.78 Å². The molecule has 0 aliphatic heterocycles. The molecule has 1 heterocycles. The first-order chi connectivity index (χ1) is 22.0. The molecule has 1 aromatic heterocycles. The highest BCUT2D eigenvalue weighted by Crippen LogP contribution is 2.46. The number of likely N-dealkylation sites (N-methyl/N-ethyl adjacent to an activating group) is 1. The molecule has 8 nitrogen and oxygen atoms in total. The van der Waals surface area contributed by atoms with Crippen LogP contribution in [0.1, 0.15) is 129 Å². The van der Waals surface area contributed by atoms with Gasteiger partial charge in [-0.15, -0.1) is 0 Å². The van der Waals surface area contributed by atoms with Crippen molar-refractivity contribution < 1.29 is 29.0 Å². The van der Waals surface area contributed by atoms with Gasteiger partial charge in [0.25, 0.3) is 0 Å². The molecule has 2 aliphatic carbocycles. The van der Waals surface area contributed by atoms with Crippen LogP contribution in [0.15, 0.2) is 40.9 Å². The Morgan fingerprint density at radius 2 is 1.48 bits per heavy atom. The van der Waals surface area contributed by atoms with Crippen LogP contribution in [0.4, 0.5) is 5.13 Å². The third kappa shape index (κ3) is 10.1. The maximum Gasteiger partial charge on any atom is 0.325 e. The molecule has 0 atom stereocenters. The monoisotopic (exact) mass is 654 g/mol. The van der Waals surface area contributed by atoms with E-state index in [0.717, 1.165) is 32.1 Å². The number of aromatic nitrogens is 1. The fourth-order valence-electron chi connectivity index (χ4n) is 5.44. The van der Waals surface area contributed by atoms with Crippen molar-refractivity contribution in [3.63, 3.8) is 0 Å². The quantitative estimate of drug-likeness (QED) is 0.0845. The van der Waals surface area contributed by atoms with Gasteiger partial charge in [-0.2, -0.15) is 0 Å². The summed E-state index contributed by atoms with van der Waals surface area (Å²) >= 11 is 1.27. The summed E-state index contributed by atoms with van der Waals surface area (Å²) in [6.45, 7) is 13.8. The molecule has 254 valence electrons. The average Bonchev–Trinajstić information content (AvgIpc) is 3.45. The number of aliphatic hydroxyl groups excluding tert-OH is 1. The normalized spacial score (nSPS) is 16.5. The van der Waals surface area contributed by atoms with Crippen LogP contribution >= 0.6 is 11.3 Å². The fraction of sp³-hybridized carbons (Fsp3) is 0.622. The number of hydrogen-bond donors (Lipinski definition) is 1. The van der Waals surface area contributed by atoms with E-state index in [1.54, 1.807) is 12.2 Å². The highest BCUT2D eigenvalue weighted by atomic mass is 32.1. The van der Waals surface area contributed by atoms with Gasteiger partial charge in [0, 0.05) is 23.6 Å². The summed E-state index contributed by atoms with van der Waals surface area (Å²) in [7, 11) is 0. The van der Waals surface area contributed by atoms with E-state index in [0.29, 0.717) is 41.2 Å². The minimum atomic E-state index is -0.441. The van der Waals surface area contributed by atoms with Crippen LogP contribution in [0.25, 0.3) is 5.57 Å². The Morgan fingerprint density at radius 3 is 2.04 bits per heavy atom. The van der Waals surface area contributed by atoms with Crippen molar-refractivity contribution >= 4 is 39.6 Å². The maximum atomic E-state index is 13.5. The Hall–Kier alpha value is -3.20. The predicted molar refractivity (Wildman–Crippen MR) is 186 cm³/mol. The molecule has 46 heavy (non-hydrogen) atoms. The summed E-state index contributed by atoms with van der Waals surface area (Å²) < 4.78 is 11.3. The van der Waals surface area contributed by atoms with E-state index in [9.17, 15) is 19.5 Å². The molecule has 0 aromatic carbocycles. The van der Waals surface area contributed by atoms with E-state index in [1.165, 1.54) is 62.4 Å². The molecule has 1 aromatic rings. The number of hydrogen-bond acceptors (Lipinski definition) is 9. The van der Waals surface area contributed by atoms with Gasteiger partial charge in [-0.1, -0.05) is 110 Å². The van der Waals surface area contributed by atoms with E-state index in [4.69, 9.17) is 14.5 Å². The number of ether oxygens (including phenoxy) is 2. The smallest absolute Gasteiger partial charge is 0.325 e. The molecule has 2 aliphatic rings. The van der Waals surface area contributed by atoms with Crippen molar-refractivity contribution in [2.24, 2.45) is 0 Å². The van der Waals surface area contributed by atoms with E-state index >= 15 is 0 Å². The highest BCUT2D eigenvalue weighted by molar-refractivity contribution is 7.17. The van der Waals surface area contributed by atoms with E-state index < -0.39 is 11.2 Å². The minimum absolute atomic E-state index is 0.0166. The van der Waals surface area contributed by atoms with Gasteiger partial charge in [-0.3, -0.25) is 14.4 Å². The largest absolute Gasteiger partial charge is 0.506 e. The molecule has 0 saturated carbocycles. The summed E-state index contributed by atoms with van der Waals surface area (Å²) in [5.74, 6) is -0.815. The number of nitrogens with zero attached hydrogens (tertiary/aromatic N) is 2. The Morgan fingerprint density at radius 1 is 0.870 bits per heavy atom. The van der Waals surface area contributed by atoms with Gasteiger partial charge < -0.3 is 19.5 Å². The van der Waals surface area contributed by atoms with Crippen molar-refractivity contribution in [2.45, 2.75) is 124 Å². The predicted octanol–water partition coefficient (Wildman–Crippen LogP) is 8.72.